The number of rotatable bonds is 2. The zero-order valence-corrected chi connectivity index (χ0v) is 4.29. The molecule has 8 heavy (non-hydrogen) atoms. The third-order valence-corrected chi connectivity index (χ3v) is 0.614. The molecule has 1 unspecified atom stereocenters. The molecule has 0 aromatic rings. The highest BCUT2D eigenvalue weighted by Crippen LogP contribution is 1.83. The first-order valence-electron chi connectivity index (χ1n) is 2.17. The van der Waals surface area contributed by atoms with Crippen LogP contribution in [0.3, 0.4) is 0 Å². The van der Waals surface area contributed by atoms with Crippen molar-refractivity contribution in [2.24, 2.45) is 0 Å². The van der Waals surface area contributed by atoms with E-state index < -0.39 is 6.10 Å². The summed E-state index contributed by atoms with van der Waals surface area (Å²) in [4.78, 5) is 2.84. The lowest BCUT2D eigenvalue weighted by atomic mass is 10.3. The van der Waals surface area contributed by atoms with E-state index in [0.717, 1.165) is 0 Å². The Morgan fingerprint density at radius 2 is 2.50 bits per heavy atom. The van der Waals surface area contributed by atoms with E-state index >= 15 is 0 Å². The SMILES string of the molecule is [C-]#[N+]CC([O-])CC#N. The van der Waals surface area contributed by atoms with E-state index in [0.29, 0.717) is 0 Å². The van der Waals surface area contributed by atoms with E-state index in [4.69, 9.17) is 11.8 Å². The molecule has 3 heteroatoms. The van der Waals surface area contributed by atoms with Gasteiger partial charge in [-0.2, -0.15) is 5.26 Å². The molecular formula is C5H5N2O-. The summed E-state index contributed by atoms with van der Waals surface area (Å²) < 4.78 is 0. The highest BCUT2D eigenvalue weighted by atomic mass is 16.3. The van der Waals surface area contributed by atoms with Crippen molar-refractivity contribution >= 4 is 0 Å². The van der Waals surface area contributed by atoms with E-state index in [1.165, 1.54) is 0 Å². The van der Waals surface area contributed by atoms with Gasteiger partial charge in [-0.3, -0.25) is 0 Å². The largest absolute Gasteiger partial charge is 0.846 e. The maximum absolute atomic E-state index is 10.3. The number of nitriles is 1. The number of hydrogen-bond acceptors (Lipinski definition) is 2. The third-order valence-electron chi connectivity index (χ3n) is 0.614. The smallest absolute Gasteiger partial charge is 0.203 e. The summed E-state index contributed by atoms with van der Waals surface area (Å²) in [5.41, 5.74) is 0. The van der Waals surface area contributed by atoms with Crippen LogP contribution in [0.5, 0.6) is 0 Å². The Bertz CT molecular complexity index is 114. The van der Waals surface area contributed by atoms with Gasteiger partial charge < -0.3 is 9.95 Å². The monoisotopic (exact) mass is 109 g/mol. The van der Waals surface area contributed by atoms with Crippen LogP contribution < -0.4 is 5.11 Å². The van der Waals surface area contributed by atoms with Crippen LogP contribution in [-0.4, -0.2) is 12.6 Å². The highest BCUT2D eigenvalue weighted by molar-refractivity contribution is 4.78. The zero-order valence-electron chi connectivity index (χ0n) is 4.29. The molecule has 0 aliphatic heterocycles. The highest BCUT2D eigenvalue weighted by Gasteiger charge is 1.92. The van der Waals surface area contributed by atoms with Crippen molar-refractivity contribution in [1.29, 1.82) is 5.26 Å². The molecule has 0 aliphatic carbocycles. The molecule has 0 fully saturated rings. The maximum atomic E-state index is 10.3. The van der Waals surface area contributed by atoms with Crippen LogP contribution in [0.1, 0.15) is 6.42 Å². The third kappa shape index (κ3) is 3.14. The average molecular weight is 109 g/mol. The molecule has 0 bridgehead atoms. The van der Waals surface area contributed by atoms with Crippen molar-refractivity contribution in [1.82, 2.24) is 0 Å². The van der Waals surface area contributed by atoms with E-state index in [2.05, 4.69) is 4.85 Å². The predicted octanol–water partition coefficient (Wildman–Crippen LogP) is -0.452. The fraction of sp³-hybridized carbons (Fsp3) is 0.600. The quantitative estimate of drug-likeness (QED) is 0.451. The molecule has 0 N–H and O–H groups in total. The van der Waals surface area contributed by atoms with Gasteiger partial charge in [-0.15, -0.1) is 0 Å². The molecule has 3 nitrogen and oxygen atoms in total. The number of hydrogen-bond donors (Lipinski definition) is 0. The molecule has 0 saturated heterocycles. The second kappa shape index (κ2) is 4.11. The van der Waals surface area contributed by atoms with Crippen molar-refractivity contribution in [3.63, 3.8) is 0 Å². The fourth-order valence-corrected chi connectivity index (χ4v) is 0.268. The summed E-state index contributed by atoms with van der Waals surface area (Å²) in [5, 5.41) is 18.2. The van der Waals surface area contributed by atoms with Crippen molar-refractivity contribution in [3.05, 3.63) is 11.4 Å². The van der Waals surface area contributed by atoms with Crippen LogP contribution in [0.25, 0.3) is 4.85 Å². The van der Waals surface area contributed by atoms with Crippen LogP contribution in [0, 0.1) is 17.9 Å². The topological polar surface area (TPSA) is 51.2 Å². The molecule has 0 rings (SSSR count). The minimum absolute atomic E-state index is 0.0532. The Hall–Kier alpha value is -1.06. The first-order valence-corrected chi connectivity index (χ1v) is 2.17. The molecule has 0 aromatic carbocycles. The minimum atomic E-state index is -1.00. The Morgan fingerprint density at radius 1 is 1.88 bits per heavy atom. The van der Waals surface area contributed by atoms with Gasteiger partial charge in [-0.05, 0) is 6.10 Å². The number of nitrogens with zero attached hydrogens (tertiary/aromatic N) is 2. The molecule has 0 heterocycles. The normalized spacial score (nSPS) is 11.4. The summed E-state index contributed by atoms with van der Waals surface area (Å²) in [6.07, 6.45) is -1.06. The molecular weight excluding hydrogens is 104 g/mol. The standard InChI is InChI=1S/C5H5N2O/c1-7-4-5(8)2-3-6/h5H,2,4H2/q-1. The molecule has 0 amide bonds. The van der Waals surface area contributed by atoms with E-state index in [1.807, 2.05) is 0 Å². The van der Waals surface area contributed by atoms with E-state index in [-0.39, 0.29) is 13.0 Å². The van der Waals surface area contributed by atoms with Gasteiger partial charge in [0, 0.05) is 6.42 Å². The molecule has 0 aromatic heterocycles. The van der Waals surface area contributed by atoms with E-state index in [1.54, 1.807) is 6.07 Å². The summed E-state index contributed by atoms with van der Waals surface area (Å²) in [5.74, 6) is 0. The molecule has 42 valence electrons. The van der Waals surface area contributed by atoms with Gasteiger partial charge in [0.2, 0.25) is 6.54 Å². The Kier molecular flexibility index (Phi) is 3.56. The summed E-state index contributed by atoms with van der Waals surface area (Å²) in [7, 11) is 0. The second-order valence-corrected chi connectivity index (χ2v) is 1.32. The lowest BCUT2D eigenvalue weighted by Crippen LogP contribution is -2.26. The lowest BCUT2D eigenvalue weighted by Gasteiger charge is -2.08. The van der Waals surface area contributed by atoms with Gasteiger partial charge in [-0.1, -0.05) is 0 Å². The van der Waals surface area contributed by atoms with Gasteiger partial charge in [0.15, 0.2) is 0 Å². The van der Waals surface area contributed by atoms with Crippen molar-refractivity contribution in [2.75, 3.05) is 6.54 Å². The van der Waals surface area contributed by atoms with Gasteiger partial charge in [-0.25, -0.2) is 6.57 Å². The van der Waals surface area contributed by atoms with Crippen molar-refractivity contribution in [3.8, 4) is 6.07 Å². The molecule has 0 saturated carbocycles. The van der Waals surface area contributed by atoms with Gasteiger partial charge >= 0.3 is 0 Å². The van der Waals surface area contributed by atoms with Gasteiger partial charge in [0.25, 0.3) is 0 Å². The summed E-state index contributed by atoms with van der Waals surface area (Å²) >= 11 is 0. The molecule has 0 radical (unpaired) electrons. The molecule has 0 spiro atoms. The van der Waals surface area contributed by atoms with Crippen LogP contribution >= 0.6 is 0 Å². The van der Waals surface area contributed by atoms with Crippen LogP contribution in [-0.2, 0) is 0 Å². The van der Waals surface area contributed by atoms with Crippen LogP contribution in [0.4, 0.5) is 0 Å². The minimum Gasteiger partial charge on any atom is -0.846 e. The zero-order chi connectivity index (χ0) is 6.41. The van der Waals surface area contributed by atoms with Gasteiger partial charge in [0.1, 0.15) is 0 Å². The Morgan fingerprint density at radius 3 is 2.88 bits per heavy atom. The summed E-state index contributed by atoms with van der Waals surface area (Å²) in [6.45, 7) is 6.15. The second-order valence-electron chi connectivity index (χ2n) is 1.32. The maximum Gasteiger partial charge on any atom is 0.203 e. The molecule has 1 atom stereocenters. The fourth-order valence-electron chi connectivity index (χ4n) is 0.268. The predicted molar refractivity (Wildman–Crippen MR) is 25.5 cm³/mol. The van der Waals surface area contributed by atoms with Crippen molar-refractivity contribution < 1.29 is 5.11 Å². The van der Waals surface area contributed by atoms with E-state index in [9.17, 15) is 5.11 Å². The van der Waals surface area contributed by atoms with Gasteiger partial charge in [0.05, 0.1) is 6.07 Å². The Balaban J connectivity index is 3.25. The molecule has 0 aliphatic rings. The summed E-state index contributed by atoms with van der Waals surface area (Å²) in [6, 6.07) is 1.70. The van der Waals surface area contributed by atoms with Crippen LogP contribution in [0.2, 0.25) is 0 Å². The van der Waals surface area contributed by atoms with Crippen LogP contribution in [0.15, 0.2) is 0 Å². The lowest BCUT2D eigenvalue weighted by molar-refractivity contribution is -0.412. The Labute approximate surface area is 48.0 Å². The first kappa shape index (κ1) is 6.94. The van der Waals surface area contributed by atoms with Crippen molar-refractivity contribution in [2.45, 2.75) is 12.5 Å². The first-order chi connectivity index (χ1) is 3.81. The average Bonchev–Trinajstić information content (AvgIpc) is 1.68.